The van der Waals surface area contributed by atoms with Gasteiger partial charge in [-0.1, -0.05) is 18.2 Å². The van der Waals surface area contributed by atoms with Crippen LogP contribution in [0.4, 0.5) is 0 Å². The SMILES string of the molecule is COc1c(C)ccc2nc3ccccc3nc12.O=S(=O)(O)O. The van der Waals surface area contributed by atoms with Gasteiger partial charge in [0.1, 0.15) is 11.3 Å². The van der Waals surface area contributed by atoms with Gasteiger partial charge >= 0.3 is 10.4 Å². The van der Waals surface area contributed by atoms with Crippen LogP contribution in [0.3, 0.4) is 0 Å². The Bertz CT molecular complexity index is 917. The third-order valence-corrected chi connectivity index (χ3v) is 2.87. The first-order chi connectivity index (χ1) is 10.3. The number of fused-ring (bicyclic) bond motifs is 2. The molecule has 0 unspecified atom stereocenters. The number of nitrogens with zero attached hydrogens (tertiary/aromatic N) is 2. The molecule has 0 atom stereocenters. The van der Waals surface area contributed by atoms with E-state index < -0.39 is 10.4 Å². The summed E-state index contributed by atoms with van der Waals surface area (Å²) in [6.45, 7) is 2.01. The normalized spacial score (nSPS) is 11.1. The minimum absolute atomic E-state index is 0.806. The molecule has 0 saturated heterocycles. The van der Waals surface area contributed by atoms with E-state index in [-0.39, 0.29) is 0 Å². The molecule has 8 heteroatoms. The van der Waals surface area contributed by atoms with E-state index in [0.717, 1.165) is 33.4 Å². The van der Waals surface area contributed by atoms with Crippen LogP contribution in [0.15, 0.2) is 36.4 Å². The molecule has 0 amide bonds. The second kappa shape index (κ2) is 6.22. The standard InChI is InChI=1S/C14H12N2O.H2O4S/c1-9-7-8-12-13(14(9)17-2)16-11-6-4-3-5-10(11)15-12;1-5(2,3)4/h3-8H,1-2H3;(H2,1,2,3,4). The van der Waals surface area contributed by atoms with Crippen molar-refractivity contribution in [1.82, 2.24) is 9.97 Å². The van der Waals surface area contributed by atoms with Gasteiger partial charge in [0, 0.05) is 0 Å². The number of benzene rings is 2. The molecule has 22 heavy (non-hydrogen) atoms. The van der Waals surface area contributed by atoms with E-state index >= 15 is 0 Å². The Kier molecular flexibility index (Phi) is 4.55. The van der Waals surface area contributed by atoms with E-state index in [1.165, 1.54) is 0 Å². The van der Waals surface area contributed by atoms with Gasteiger partial charge in [-0.25, -0.2) is 9.97 Å². The zero-order valence-electron chi connectivity index (χ0n) is 11.9. The molecule has 2 N–H and O–H groups in total. The highest BCUT2D eigenvalue weighted by Crippen LogP contribution is 2.27. The minimum atomic E-state index is -4.67. The van der Waals surface area contributed by atoms with Gasteiger partial charge in [-0.3, -0.25) is 9.11 Å². The highest BCUT2D eigenvalue weighted by molar-refractivity contribution is 7.79. The summed E-state index contributed by atoms with van der Waals surface area (Å²) in [5.74, 6) is 0.806. The Balaban J connectivity index is 0.000000309. The van der Waals surface area contributed by atoms with Crippen molar-refractivity contribution in [1.29, 1.82) is 0 Å². The highest BCUT2D eigenvalue weighted by Gasteiger charge is 2.08. The van der Waals surface area contributed by atoms with Gasteiger partial charge in [0.25, 0.3) is 0 Å². The number of aromatic nitrogens is 2. The molecular formula is C14H14N2O5S. The average Bonchev–Trinajstić information content (AvgIpc) is 2.43. The summed E-state index contributed by atoms with van der Waals surface area (Å²) in [4.78, 5) is 9.21. The number of aryl methyl sites for hydroxylation is 1. The number of para-hydroxylation sites is 2. The first-order valence-electron chi connectivity index (χ1n) is 6.19. The van der Waals surface area contributed by atoms with Gasteiger partial charge in [0.2, 0.25) is 0 Å². The summed E-state index contributed by atoms with van der Waals surface area (Å²) in [6, 6.07) is 11.8. The van der Waals surface area contributed by atoms with Crippen LogP contribution in [0.5, 0.6) is 5.75 Å². The third-order valence-electron chi connectivity index (χ3n) is 2.87. The predicted molar refractivity (Wildman–Crippen MR) is 82.5 cm³/mol. The molecule has 0 aliphatic heterocycles. The van der Waals surface area contributed by atoms with Crippen LogP contribution in [0, 0.1) is 6.92 Å². The summed E-state index contributed by atoms with van der Waals surface area (Å²) in [7, 11) is -3.00. The molecule has 7 nitrogen and oxygen atoms in total. The second-order valence-electron chi connectivity index (χ2n) is 4.44. The molecule has 2 aromatic carbocycles. The minimum Gasteiger partial charge on any atom is -0.494 e. The zero-order valence-corrected chi connectivity index (χ0v) is 12.7. The lowest BCUT2D eigenvalue weighted by Gasteiger charge is -2.08. The van der Waals surface area contributed by atoms with Crippen LogP contribution in [-0.4, -0.2) is 34.6 Å². The third kappa shape index (κ3) is 3.88. The van der Waals surface area contributed by atoms with Gasteiger partial charge in [-0.05, 0) is 30.7 Å². The number of methoxy groups -OCH3 is 1. The fraction of sp³-hybridized carbons (Fsp3) is 0.143. The van der Waals surface area contributed by atoms with Gasteiger partial charge < -0.3 is 4.74 Å². The van der Waals surface area contributed by atoms with Crippen molar-refractivity contribution in [3.8, 4) is 5.75 Å². The summed E-state index contributed by atoms with van der Waals surface area (Å²) in [5, 5.41) is 0. The van der Waals surface area contributed by atoms with E-state index in [2.05, 4.69) is 9.97 Å². The Morgan fingerprint density at radius 3 is 2.05 bits per heavy atom. The van der Waals surface area contributed by atoms with Crippen LogP contribution in [-0.2, 0) is 10.4 Å². The molecule has 0 saturated carbocycles. The lowest BCUT2D eigenvalue weighted by molar-refractivity contribution is 0.381. The van der Waals surface area contributed by atoms with Gasteiger partial charge in [0.15, 0.2) is 0 Å². The molecule has 3 rings (SSSR count). The maximum Gasteiger partial charge on any atom is 0.394 e. The van der Waals surface area contributed by atoms with Crippen LogP contribution in [0.2, 0.25) is 0 Å². The van der Waals surface area contributed by atoms with Crippen LogP contribution in [0.25, 0.3) is 22.1 Å². The summed E-state index contributed by atoms with van der Waals surface area (Å²) in [5.41, 5.74) is 4.57. The molecule has 0 aliphatic rings. The lowest BCUT2D eigenvalue weighted by Crippen LogP contribution is -1.93. The van der Waals surface area contributed by atoms with Crippen molar-refractivity contribution in [2.45, 2.75) is 6.92 Å². The van der Waals surface area contributed by atoms with Crippen LogP contribution < -0.4 is 4.74 Å². The van der Waals surface area contributed by atoms with E-state index in [1.54, 1.807) is 7.11 Å². The first-order valence-corrected chi connectivity index (χ1v) is 7.59. The van der Waals surface area contributed by atoms with Crippen molar-refractivity contribution < 1.29 is 22.3 Å². The first kappa shape index (κ1) is 16.1. The summed E-state index contributed by atoms with van der Waals surface area (Å²) >= 11 is 0. The van der Waals surface area contributed by atoms with Crippen molar-refractivity contribution >= 4 is 32.5 Å². The monoisotopic (exact) mass is 322 g/mol. The molecule has 1 aromatic heterocycles. The molecule has 0 fully saturated rings. The maximum absolute atomic E-state index is 8.74. The molecule has 0 radical (unpaired) electrons. The van der Waals surface area contributed by atoms with Crippen LogP contribution in [0.1, 0.15) is 5.56 Å². The summed E-state index contributed by atoms with van der Waals surface area (Å²) < 4.78 is 37.0. The number of rotatable bonds is 1. The Morgan fingerprint density at radius 1 is 0.955 bits per heavy atom. The average molecular weight is 322 g/mol. The van der Waals surface area contributed by atoms with Gasteiger partial charge in [-0.2, -0.15) is 8.42 Å². The van der Waals surface area contributed by atoms with Crippen molar-refractivity contribution in [3.63, 3.8) is 0 Å². The van der Waals surface area contributed by atoms with Crippen molar-refractivity contribution in [3.05, 3.63) is 42.0 Å². The highest BCUT2D eigenvalue weighted by atomic mass is 32.3. The molecule has 3 aromatic rings. The van der Waals surface area contributed by atoms with Crippen molar-refractivity contribution in [2.75, 3.05) is 7.11 Å². The number of hydrogen-bond donors (Lipinski definition) is 2. The van der Waals surface area contributed by atoms with E-state index in [9.17, 15) is 0 Å². The van der Waals surface area contributed by atoms with Crippen molar-refractivity contribution in [2.24, 2.45) is 0 Å². The van der Waals surface area contributed by atoms with E-state index in [0.29, 0.717) is 0 Å². The maximum atomic E-state index is 8.74. The molecule has 0 spiro atoms. The fourth-order valence-electron chi connectivity index (χ4n) is 2.02. The predicted octanol–water partition coefficient (Wildman–Crippen LogP) is 2.45. The smallest absolute Gasteiger partial charge is 0.394 e. The Hall–Kier alpha value is -2.29. The van der Waals surface area contributed by atoms with Gasteiger partial charge in [0.05, 0.1) is 23.7 Å². The molecule has 0 bridgehead atoms. The number of hydrogen-bond acceptors (Lipinski definition) is 5. The second-order valence-corrected chi connectivity index (χ2v) is 5.34. The molecular weight excluding hydrogens is 308 g/mol. The Morgan fingerprint density at radius 2 is 1.50 bits per heavy atom. The largest absolute Gasteiger partial charge is 0.494 e. The lowest BCUT2D eigenvalue weighted by atomic mass is 10.1. The van der Waals surface area contributed by atoms with E-state index in [4.69, 9.17) is 22.3 Å². The quantitative estimate of drug-likeness (QED) is 0.523. The zero-order chi connectivity index (χ0) is 16.3. The molecule has 0 aliphatic carbocycles. The molecule has 116 valence electrons. The topological polar surface area (TPSA) is 110 Å². The summed E-state index contributed by atoms with van der Waals surface area (Å²) in [6.07, 6.45) is 0. The fourth-order valence-corrected chi connectivity index (χ4v) is 2.02. The number of ether oxygens (including phenoxy) is 1. The van der Waals surface area contributed by atoms with Gasteiger partial charge in [-0.15, -0.1) is 0 Å². The Labute approximate surface area is 127 Å². The molecule has 1 heterocycles. The van der Waals surface area contributed by atoms with Crippen LogP contribution >= 0.6 is 0 Å². The van der Waals surface area contributed by atoms with E-state index in [1.807, 2.05) is 43.3 Å².